The first kappa shape index (κ1) is 42.2. The van der Waals surface area contributed by atoms with Crippen LogP contribution in [-0.2, 0) is 30.5 Å². The van der Waals surface area contributed by atoms with Gasteiger partial charge in [-0.05, 0) is 80.3 Å². The van der Waals surface area contributed by atoms with Gasteiger partial charge >= 0.3 is 6.09 Å². The standard InChI is InChI=1S/C44H53N4O7P/c1-32(2)48(33(3)4)56(54-27-12-26-45)55-40(30-47-43(49)52-28-25-34-29-46-42-16-11-10-15-41(34)42)31-53-44(35-13-8-7-9-14-35,36-17-21-38(50-5)22-18-36)37-19-23-39(51-6)24-20-37/h7-11,13-24,29,32-33,40,46H,12,25,27-28,30-31H2,1-6H3,(H,47,49)/t40-,56?/m0/s1. The number of nitrogens with one attached hydrogen (secondary N) is 2. The minimum absolute atomic E-state index is 0.0348. The third kappa shape index (κ3) is 10.7. The molecule has 1 amide bonds. The number of nitrogens with zero attached hydrogens (tertiary/aromatic N) is 2. The van der Waals surface area contributed by atoms with Gasteiger partial charge in [0, 0.05) is 42.1 Å². The Hall–Kier alpha value is -4.95. The highest BCUT2D eigenvalue weighted by Crippen LogP contribution is 2.48. The molecule has 5 rings (SSSR count). The zero-order valence-corrected chi connectivity index (χ0v) is 34.0. The Morgan fingerprint density at radius 2 is 1.41 bits per heavy atom. The number of ether oxygens (including phenoxy) is 4. The molecule has 1 aromatic heterocycles. The van der Waals surface area contributed by atoms with Gasteiger partial charge in [0.05, 0.1) is 46.5 Å². The van der Waals surface area contributed by atoms with Gasteiger partial charge in [-0.15, -0.1) is 0 Å². The summed E-state index contributed by atoms with van der Waals surface area (Å²) in [6.07, 6.45) is 1.43. The van der Waals surface area contributed by atoms with Crippen LogP contribution < -0.4 is 14.8 Å². The van der Waals surface area contributed by atoms with Gasteiger partial charge < -0.3 is 38.3 Å². The fraction of sp³-hybridized carbons (Fsp3) is 0.364. The SMILES string of the molecule is COc1ccc(C(OC[C@H](CNC(=O)OCCc2c[nH]c3ccccc23)OP(OCCC#N)N(C(C)C)C(C)C)(c2ccccc2)c2ccc(OC)cc2)cc1. The second-order valence-corrected chi connectivity index (χ2v) is 15.1. The lowest BCUT2D eigenvalue weighted by Gasteiger charge is -2.39. The second kappa shape index (κ2) is 20.8. The van der Waals surface area contributed by atoms with Crippen molar-refractivity contribution in [3.8, 4) is 17.6 Å². The predicted octanol–water partition coefficient (Wildman–Crippen LogP) is 9.12. The maximum Gasteiger partial charge on any atom is 0.407 e. The largest absolute Gasteiger partial charge is 0.497 e. The van der Waals surface area contributed by atoms with Crippen molar-refractivity contribution in [1.29, 1.82) is 5.26 Å². The zero-order chi connectivity index (χ0) is 39.9. The van der Waals surface area contributed by atoms with Crippen LogP contribution in [0, 0.1) is 11.3 Å². The summed E-state index contributed by atoms with van der Waals surface area (Å²) in [5, 5.41) is 13.4. The Bertz CT molecular complexity index is 1930. The first-order valence-electron chi connectivity index (χ1n) is 18.9. The average Bonchev–Trinajstić information content (AvgIpc) is 3.63. The molecule has 0 bridgehead atoms. The Balaban J connectivity index is 1.46. The number of para-hydroxylation sites is 1. The quantitative estimate of drug-likeness (QED) is 0.0426. The van der Waals surface area contributed by atoms with Crippen molar-refractivity contribution in [3.05, 3.63) is 132 Å². The van der Waals surface area contributed by atoms with Gasteiger partial charge in [0.1, 0.15) is 23.2 Å². The highest BCUT2D eigenvalue weighted by Gasteiger charge is 2.40. The van der Waals surface area contributed by atoms with E-state index < -0.39 is 26.3 Å². The first-order valence-corrected chi connectivity index (χ1v) is 20.0. The van der Waals surface area contributed by atoms with Crippen molar-refractivity contribution >= 4 is 25.5 Å². The van der Waals surface area contributed by atoms with Crippen LogP contribution in [0.4, 0.5) is 4.79 Å². The van der Waals surface area contributed by atoms with E-state index in [9.17, 15) is 10.1 Å². The smallest absolute Gasteiger partial charge is 0.407 e. The number of benzene rings is 4. The molecule has 1 unspecified atom stereocenters. The van der Waals surface area contributed by atoms with Gasteiger partial charge in [-0.1, -0.05) is 72.8 Å². The van der Waals surface area contributed by atoms with Crippen LogP contribution in [-0.4, -0.2) is 74.5 Å². The molecule has 11 nitrogen and oxygen atoms in total. The number of amides is 1. The lowest BCUT2D eigenvalue weighted by molar-refractivity contribution is -0.0335. The molecule has 0 aliphatic carbocycles. The molecule has 296 valence electrons. The third-order valence-electron chi connectivity index (χ3n) is 9.31. The molecule has 4 aromatic carbocycles. The van der Waals surface area contributed by atoms with Crippen LogP contribution in [0.3, 0.4) is 0 Å². The molecule has 0 spiro atoms. The number of carbonyl (C=O) groups excluding carboxylic acids is 1. The van der Waals surface area contributed by atoms with Gasteiger partial charge in [0.2, 0.25) is 0 Å². The molecule has 5 aromatic rings. The van der Waals surface area contributed by atoms with Gasteiger partial charge in [0.25, 0.3) is 8.53 Å². The van der Waals surface area contributed by atoms with E-state index in [2.05, 4.69) is 48.7 Å². The van der Waals surface area contributed by atoms with E-state index in [0.717, 1.165) is 33.2 Å². The molecule has 1 heterocycles. The Labute approximate surface area is 331 Å². The van der Waals surface area contributed by atoms with Crippen molar-refractivity contribution in [1.82, 2.24) is 15.0 Å². The summed E-state index contributed by atoms with van der Waals surface area (Å²) >= 11 is 0. The number of nitriles is 1. The van der Waals surface area contributed by atoms with Crippen LogP contribution in [0.2, 0.25) is 0 Å². The number of rotatable bonds is 21. The average molecular weight is 781 g/mol. The molecule has 12 heteroatoms. The van der Waals surface area contributed by atoms with E-state index in [1.54, 1.807) is 14.2 Å². The number of alkyl carbamates (subject to hydrolysis) is 1. The van der Waals surface area contributed by atoms with E-state index >= 15 is 0 Å². The number of H-pyrrole nitrogens is 1. The summed E-state index contributed by atoms with van der Waals surface area (Å²) in [4.78, 5) is 16.5. The number of aromatic amines is 1. The molecule has 0 aliphatic heterocycles. The third-order valence-corrected chi connectivity index (χ3v) is 11.5. The molecule has 0 fully saturated rings. The minimum Gasteiger partial charge on any atom is -0.497 e. The van der Waals surface area contributed by atoms with Crippen molar-refractivity contribution in [3.63, 3.8) is 0 Å². The number of aromatic nitrogens is 1. The summed E-state index contributed by atoms with van der Waals surface area (Å²) in [5.41, 5.74) is 3.58. The van der Waals surface area contributed by atoms with E-state index in [4.69, 9.17) is 28.0 Å². The maximum absolute atomic E-state index is 13.2. The Morgan fingerprint density at radius 3 is 2.00 bits per heavy atom. The lowest BCUT2D eigenvalue weighted by Crippen LogP contribution is -2.42. The van der Waals surface area contributed by atoms with E-state index in [0.29, 0.717) is 17.9 Å². The first-order chi connectivity index (χ1) is 27.2. The zero-order valence-electron chi connectivity index (χ0n) is 33.1. The number of hydrogen-bond donors (Lipinski definition) is 2. The van der Waals surface area contributed by atoms with Crippen molar-refractivity contribution in [2.24, 2.45) is 0 Å². The second-order valence-electron chi connectivity index (χ2n) is 13.7. The number of fused-ring (bicyclic) bond motifs is 1. The molecule has 2 N–H and O–H groups in total. The molecule has 0 aliphatic rings. The Morgan fingerprint density at radius 1 is 0.821 bits per heavy atom. The molecular formula is C44H53N4O7P. The molecular weight excluding hydrogens is 727 g/mol. The minimum atomic E-state index is -1.69. The van der Waals surface area contributed by atoms with E-state index in [-0.39, 0.29) is 44.9 Å². The molecule has 0 saturated heterocycles. The molecule has 0 saturated carbocycles. The number of methoxy groups -OCH3 is 2. The molecule has 0 radical (unpaired) electrons. The van der Waals surface area contributed by atoms with E-state index in [1.165, 1.54) is 0 Å². The highest BCUT2D eigenvalue weighted by atomic mass is 31.2. The highest BCUT2D eigenvalue weighted by molar-refractivity contribution is 7.44. The summed E-state index contributed by atoms with van der Waals surface area (Å²) in [6, 6.07) is 35.9. The number of hydrogen-bond acceptors (Lipinski definition) is 9. The topological polar surface area (TPSA) is 127 Å². The fourth-order valence-electron chi connectivity index (χ4n) is 6.68. The van der Waals surface area contributed by atoms with Crippen molar-refractivity contribution < 1.29 is 32.8 Å². The number of carbonyl (C=O) groups is 1. The summed E-state index contributed by atoms with van der Waals surface area (Å²) in [7, 11) is 1.58. The summed E-state index contributed by atoms with van der Waals surface area (Å²) < 4.78 is 39.2. The normalized spacial score (nSPS) is 12.8. The van der Waals surface area contributed by atoms with Gasteiger partial charge in [-0.25, -0.2) is 9.46 Å². The molecule has 56 heavy (non-hydrogen) atoms. The lowest BCUT2D eigenvalue weighted by atomic mass is 9.80. The van der Waals surface area contributed by atoms with Crippen molar-refractivity contribution in [2.75, 3.05) is 40.6 Å². The van der Waals surface area contributed by atoms with Gasteiger partial charge in [0.15, 0.2) is 0 Å². The van der Waals surface area contributed by atoms with Crippen LogP contribution in [0.15, 0.2) is 109 Å². The van der Waals surface area contributed by atoms with Crippen LogP contribution in [0.1, 0.15) is 56.4 Å². The summed E-state index contributed by atoms with van der Waals surface area (Å²) in [6.45, 7) is 8.80. The maximum atomic E-state index is 13.2. The fourth-order valence-corrected chi connectivity index (χ4v) is 8.38. The Kier molecular flexibility index (Phi) is 15.7. The van der Waals surface area contributed by atoms with Gasteiger partial charge in [-0.3, -0.25) is 0 Å². The monoisotopic (exact) mass is 780 g/mol. The van der Waals surface area contributed by atoms with Crippen LogP contribution in [0.5, 0.6) is 11.5 Å². The van der Waals surface area contributed by atoms with Crippen molar-refractivity contribution in [2.45, 2.75) is 64.3 Å². The molecule has 2 atom stereocenters. The van der Waals surface area contributed by atoms with Gasteiger partial charge in [-0.2, -0.15) is 5.26 Å². The van der Waals surface area contributed by atoms with E-state index in [1.807, 2.05) is 109 Å². The van der Waals surface area contributed by atoms with Crippen LogP contribution >= 0.6 is 8.53 Å². The predicted molar refractivity (Wildman–Crippen MR) is 220 cm³/mol. The van der Waals surface area contributed by atoms with Crippen LogP contribution in [0.25, 0.3) is 10.9 Å². The summed E-state index contributed by atoms with van der Waals surface area (Å²) in [5.74, 6) is 1.42.